The lowest BCUT2D eigenvalue weighted by Gasteiger charge is -2.26. The highest BCUT2D eigenvalue weighted by molar-refractivity contribution is 5.94. The summed E-state index contributed by atoms with van der Waals surface area (Å²) in [5.74, 6) is -0.0192. The van der Waals surface area contributed by atoms with Gasteiger partial charge in [0.2, 0.25) is 0 Å². The van der Waals surface area contributed by atoms with Gasteiger partial charge in [0.1, 0.15) is 0 Å². The Labute approximate surface area is 120 Å². The van der Waals surface area contributed by atoms with Gasteiger partial charge < -0.3 is 15.8 Å². The minimum Gasteiger partial charge on any atom is -0.378 e. The van der Waals surface area contributed by atoms with Crippen LogP contribution in [0.3, 0.4) is 0 Å². The summed E-state index contributed by atoms with van der Waals surface area (Å²) in [6.45, 7) is 1.36. The Bertz CT molecular complexity index is 400. The van der Waals surface area contributed by atoms with E-state index in [-0.39, 0.29) is 5.91 Å². The van der Waals surface area contributed by atoms with Gasteiger partial charge in [0.25, 0.3) is 5.91 Å². The first-order valence-electron chi connectivity index (χ1n) is 7.46. The van der Waals surface area contributed by atoms with Gasteiger partial charge in [-0.15, -0.1) is 0 Å². The lowest BCUT2D eigenvalue weighted by molar-refractivity contribution is 0.0241. The van der Waals surface area contributed by atoms with Crippen LogP contribution >= 0.6 is 0 Å². The lowest BCUT2D eigenvalue weighted by atomic mass is 9.94. The zero-order valence-corrected chi connectivity index (χ0v) is 11.9. The predicted octanol–water partition coefficient (Wildman–Crippen LogP) is 2.09. The van der Waals surface area contributed by atoms with E-state index >= 15 is 0 Å². The van der Waals surface area contributed by atoms with Crippen LogP contribution in [0.4, 0.5) is 0 Å². The van der Waals surface area contributed by atoms with Crippen molar-refractivity contribution < 1.29 is 9.53 Å². The van der Waals surface area contributed by atoms with Crippen molar-refractivity contribution in [2.75, 3.05) is 13.2 Å². The average molecular weight is 276 g/mol. The third kappa shape index (κ3) is 4.94. The second-order valence-corrected chi connectivity index (χ2v) is 5.38. The number of carbonyl (C=O) groups excluding carboxylic acids is 1. The molecule has 0 aliphatic heterocycles. The SMILES string of the molecule is NC1CCC(OCCCNC(=O)c2ccccc2)CC1. The van der Waals surface area contributed by atoms with E-state index in [2.05, 4.69) is 5.32 Å². The molecule has 0 atom stereocenters. The molecule has 0 bridgehead atoms. The normalized spacial score (nSPS) is 22.4. The van der Waals surface area contributed by atoms with Gasteiger partial charge in [-0.2, -0.15) is 0 Å². The van der Waals surface area contributed by atoms with Crippen LogP contribution in [0.15, 0.2) is 30.3 Å². The molecular formula is C16H24N2O2. The standard InChI is InChI=1S/C16H24N2O2/c17-14-7-9-15(10-8-14)20-12-4-11-18-16(19)13-5-2-1-3-6-13/h1-3,5-6,14-15H,4,7-12,17H2,(H,18,19). The minimum absolute atomic E-state index is 0.0192. The second-order valence-electron chi connectivity index (χ2n) is 5.38. The molecule has 0 unspecified atom stereocenters. The van der Waals surface area contributed by atoms with Gasteiger partial charge in [0.05, 0.1) is 6.10 Å². The number of amides is 1. The zero-order valence-electron chi connectivity index (χ0n) is 11.9. The van der Waals surface area contributed by atoms with E-state index in [0.717, 1.165) is 32.1 Å². The summed E-state index contributed by atoms with van der Waals surface area (Å²) >= 11 is 0. The highest BCUT2D eigenvalue weighted by Crippen LogP contribution is 2.19. The van der Waals surface area contributed by atoms with Crippen molar-refractivity contribution >= 4 is 5.91 Å². The molecule has 0 aromatic heterocycles. The van der Waals surface area contributed by atoms with Crippen LogP contribution in [0.5, 0.6) is 0 Å². The van der Waals surface area contributed by atoms with Gasteiger partial charge in [0, 0.05) is 24.8 Å². The molecule has 0 heterocycles. The van der Waals surface area contributed by atoms with E-state index in [1.165, 1.54) is 0 Å². The fourth-order valence-electron chi connectivity index (χ4n) is 2.47. The molecule has 3 N–H and O–H groups in total. The van der Waals surface area contributed by atoms with Gasteiger partial charge >= 0.3 is 0 Å². The number of nitrogens with one attached hydrogen (secondary N) is 1. The summed E-state index contributed by atoms with van der Waals surface area (Å²) in [4.78, 5) is 11.8. The Kier molecular flexibility index (Phi) is 6.02. The van der Waals surface area contributed by atoms with Gasteiger partial charge in [-0.05, 0) is 44.2 Å². The summed E-state index contributed by atoms with van der Waals surface area (Å²) in [7, 11) is 0. The summed E-state index contributed by atoms with van der Waals surface area (Å²) in [5, 5.41) is 2.90. The number of rotatable bonds is 6. The van der Waals surface area contributed by atoms with Crippen molar-refractivity contribution in [1.29, 1.82) is 0 Å². The van der Waals surface area contributed by atoms with E-state index in [1.807, 2.05) is 30.3 Å². The largest absolute Gasteiger partial charge is 0.378 e. The molecule has 1 aromatic rings. The van der Waals surface area contributed by atoms with Crippen molar-refractivity contribution in [3.8, 4) is 0 Å². The van der Waals surface area contributed by atoms with Crippen LogP contribution in [0, 0.1) is 0 Å². The molecule has 1 amide bonds. The molecule has 2 rings (SSSR count). The smallest absolute Gasteiger partial charge is 0.251 e. The molecule has 1 aromatic carbocycles. The van der Waals surface area contributed by atoms with E-state index in [0.29, 0.717) is 30.9 Å². The second kappa shape index (κ2) is 8.02. The van der Waals surface area contributed by atoms with Crippen molar-refractivity contribution in [2.24, 2.45) is 5.73 Å². The number of hydrogen-bond donors (Lipinski definition) is 2. The van der Waals surface area contributed by atoms with Crippen molar-refractivity contribution in [1.82, 2.24) is 5.32 Å². The molecular weight excluding hydrogens is 252 g/mol. The van der Waals surface area contributed by atoms with Crippen molar-refractivity contribution in [3.63, 3.8) is 0 Å². The number of ether oxygens (including phenoxy) is 1. The molecule has 110 valence electrons. The topological polar surface area (TPSA) is 64.3 Å². The highest BCUT2D eigenvalue weighted by Gasteiger charge is 2.18. The fourth-order valence-corrected chi connectivity index (χ4v) is 2.47. The summed E-state index contributed by atoms with van der Waals surface area (Å²) in [6.07, 6.45) is 5.47. The van der Waals surface area contributed by atoms with E-state index < -0.39 is 0 Å². The molecule has 0 spiro atoms. The third-order valence-electron chi connectivity index (χ3n) is 3.72. The first-order valence-corrected chi connectivity index (χ1v) is 7.46. The number of nitrogens with two attached hydrogens (primary N) is 1. The van der Waals surface area contributed by atoms with Gasteiger partial charge in [-0.3, -0.25) is 4.79 Å². The van der Waals surface area contributed by atoms with Crippen LogP contribution in [-0.4, -0.2) is 31.2 Å². The molecule has 1 aliphatic rings. The lowest BCUT2D eigenvalue weighted by Crippen LogP contribution is -2.31. The Morgan fingerprint density at radius 3 is 2.60 bits per heavy atom. The van der Waals surface area contributed by atoms with Crippen LogP contribution in [0.25, 0.3) is 0 Å². The molecule has 4 nitrogen and oxygen atoms in total. The first-order chi connectivity index (χ1) is 9.75. The number of benzene rings is 1. The van der Waals surface area contributed by atoms with Gasteiger partial charge in [-0.25, -0.2) is 0 Å². The summed E-state index contributed by atoms with van der Waals surface area (Å²) in [6, 6.07) is 9.63. The average Bonchev–Trinajstić information content (AvgIpc) is 2.49. The fraction of sp³-hybridized carbons (Fsp3) is 0.562. The summed E-state index contributed by atoms with van der Waals surface area (Å²) < 4.78 is 5.81. The molecule has 1 aliphatic carbocycles. The molecule has 0 radical (unpaired) electrons. The molecule has 4 heteroatoms. The minimum atomic E-state index is -0.0192. The maximum atomic E-state index is 11.8. The third-order valence-corrected chi connectivity index (χ3v) is 3.72. The van der Waals surface area contributed by atoms with Gasteiger partial charge in [-0.1, -0.05) is 18.2 Å². The van der Waals surface area contributed by atoms with E-state index in [4.69, 9.17) is 10.5 Å². The Hall–Kier alpha value is -1.39. The number of hydrogen-bond acceptors (Lipinski definition) is 3. The Morgan fingerprint density at radius 1 is 1.20 bits per heavy atom. The summed E-state index contributed by atoms with van der Waals surface area (Å²) in [5.41, 5.74) is 6.56. The molecule has 20 heavy (non-hydrogen) atoms. The highest BCUT2D eigenvalue weighted by atomic mass is 16.5. The van der Waals surface area contributed by atoms with Crippen molar-refractivity contribution in [3.05, 3.63) is 35.9 Å². The maximum Gasteiger partial charge on any atom is 0.251 e. The zero-order chi connectivity index (χ0) is 14.2. The molecule has 1 saturated carbocycles. The quantitative estimate of drug-likeness (QED) is 0.782. The molecule has 0 saturated heterocycles. The van der Waals surface area contributed by atoms with Crippen LogP contribution in [-0.2, 0) is 4.74 Å². The predicted molar refractivity (Wildman–Crippen MR) is 79.6 cm³/mol. The first kappa shape index (κ1) is 15.0. The molecule has 1 fully saturated rings. The Morgan fingerprint density at radius 2 is 1.90 bits per heavy atom. The Balaban J connectivity index is 1.55. The van der Waals surface area contributed by atoms with E-state index in [1.54, 1.807) is 0 Å². The van der Waals surface area contributed by atoms with Crippen LogP contribution < -0.4 is 11.1 Å². The maximum absolute atomic E-state index is 11.8. The van der Waals surface area contributed by atoms with E-state index in [9.17, 15) is 4.79 Å². The van der Waals surface area contributed by atoms with Crippen molar-refractivity contribution in [2.45, 2.75) is 44.2 Å². The van der Waals surface area contributed by atoms with Gasteiger partial charge in [0.15, 0.2) is 0 Å². The monoisotopic (exact) mass is 276 g/mol. The number of carbonyl (C=O) groups is 1. The van der Waals surface area contributed by atoms with Crippen LogP contribution in [0.1, 0.15) is 42.5 Å². The van der Waals surface area contributed by atoms with Crippen LogP contribution in [0.2, 0.25) is 0 Å².